The molecule has 8 nitrogen and oxygen atoms in total. The summed E-state index contributed by atoms with van der Waals surface area (Å²) in [6.07, 6.45) is 11.9. The quantitative estimate of drug-likeness (QED) is 0.111. The van der Waals surface area contributed by atoms with Crippen molar-refractivity contribution >= 4 is 22.8 Å². The number of rotatable bonds is 13. The first-order valence-electron chi connectivity index (χ1n) is 15.7. The highest BCUT2D eigenvalue weighted by Crippen LogP contribution is 2.40. The fraction of sp³-hybridized carbons (Fsp3) is 0.529. The zero-order valence-electron chi connectivity index (χ0n) is 25.1. The molecule has 0 radical (unpaired) electrons. The van der Waals surface area contributed by atoms with E-state index >= 15 is 0 Å². The van der Waals surface area contributed by atoms with Crippen molar-refractivity contribution in [3.8, 4) is 17.1 Å². The van der Waals surface area contributed by atoms with E-state index in [1.165, 1.54) is 38.5 Å². The van der Waals surface area contributed by atoms with Crippen LogP contribution in [-0.4, -0.2) is 26.6 Å². The number of fused-ring (bicyclic) bond motifs is 5. The maximum atomic E-state index is 13.5. The van der Waals surface area contributed by atoms with Crippen molar-refractivity contribution in [2.75, 3.05) is 0 Å². The Morgan fingerprint density at radius 3 is 2.40 bits per heavy atom. The summed E-state index contributed by atoms with van der Waals surface area (Å²) >= 11 is 0. The van der Waals surface area contributed by atoms with E-state index in [9.17, 15) is 19.5 Å². The number of pyridine rings is 2. The zero-order valence-corrected chi connectivity index (χ0v) is 25.1. The average Bonchev–Trinajstić information content (AvgIpc) is 3.35. The van der Waals surface area contributed by atoms with E-state index in [0.717, 1.165) is 41.3 Å². The summed E-state index contributed by atoms with van der Waals surface area (Å²) in [5, 5.41) is 12.0. The molecule has 0 saturated carbocycles. The first kappa shape index (κ1) is 30.0. The van der Waals surface area contributed by atoms with Crippen LogP contribution in [0, 0.1) is 0 Å². The maximum Gasteiger partial charge on any atom is 0.343 e. The molecule has 5 rings (SSSR count). The van der Waals surface area contributed by atoms with Gasteiger partial charge in [-0.3, -0.25) is 9.59 Å². The smallest absolute Gasteiger partial charge is 0.343 e. The van der Waals surface area contributed by atoms with Crippen molar-refractivity contribution in [1.29, 1.82) is 0 Å². The molecule has 3 aromatic rings. The number of hydrogen-bond acceptors (Lipinski definition) is 7. The number of esters is 2. The highest BCUT2D eigenvalue weighted by Gasteiger charge is 2.45. The molecule has 42 heavy (non-hydrogen) atoms. The lowest BCUT2D eigenvalue weighted by molar-refractivity contribution is -0.172. The molecular weight excluding hydrogens is 532 g/mol. The van der Waals surface area contributed by atoms with Gasteiger partial charge >= 0.3 is 11.9 Å². The Labute approximate surface area is 247 Å². The SMILES string of the molecule is CCCCCCCCCCCC(=O)Oc1ccc2nc3c(c(CC)c2c1)Cn1c-3cc2c(c1=O)COC(=O)[C@]2(O)CC. The number of aromatic nitrogens is 2. The van der Waals surface area contributed by atoms with Crippen molar-refractivity contribution in [3.05, 3.63) is 56.9 Å². The van der Waals surface area contributed by atoms with Gasteiger partial charge in [-0.05, 0) is 49.1 Å². The minimum Gasteiger partial charge on any atom is -0.458 e. The van der Waals surface area contributed by atoms with Gasteiger partial charge in [-0.2, -0.15) is 0 Å². The van der Waals surface area contributed by atoms with Gasteiger partial charge in [0.15, 0.2) is 5.60 Å². The monoisotopic (exact) mass is 574 g/mol. The number of unbranched alkanes of at least 4 members (excludes halogenated alkanes) is 8. The van der Waals surface area contributed by atoms with Gasteiger partial charge in [0.1, 0.15) is 12.4 Å². The lowest BCUT2D eigenvalue weighted by Gasteiger charge is -2.31. The van der Waals surface area contributed by atoms with Crippen LogP contribution in [0.5, 0.6) is 5.75 Å². The molecular formula is C34H42N2O6. The van der Waals surface area contributed by atoms with Crippen molar-refractivity contribution < 1.29 is 24.2 Å². The molecule has 0 aliphatic carbocycles. The second-order valence-electron chi connectivity index (χ2n) is 11.6. The highest BCUT2D eigenvalue weighted by atomic mass is 16.6. The Hall–Kier alpha value is -3.52. The Morgan fingerprint density at radius 2 is 1.71 bits per heavy atom. The largest absolute Gasteiger partial charge is 0.458 e. The average molecular weight is 575 g/mol. The number of aliphatic hydroxyl groups is 1. The Balaban J connectivity index is 1.33. The van der Waals surface area contributed by atoms with E-state index in [4.69, 9.17) is 14.5 Å². The number of carbonyl (C=O) groups is 2. The first-order valence-corrected chi connectivity index (χ1v) is 15.7. The van der Waals surface area contributed by atoms with Crippen LogP contribution in [0.4, 0.5) is 0 Å². The van der Waals surface area contributed by atoms with E-state index in [1.54, 1.807) is 23.6 Å². The summed E-state index contributed by atoms with van der Waals surface area (Å²) in [5.74, 6) is -0.471. The van der Waals surface area contributed by atoms with Crippen molar-refractivity contribution in [3.63, 3.8) is 0 Å². The Bertz CT molecular complexity index is 1560. The predicted molar refractivity (Wildman–Crippen MR) is 161 cm³/mol. The maximum absolute atomic E-state index is 13.5. The van der Waals surface area contributed by atoms with Gasteiger partial charge in [0, 0.05) is 22.9 Å². The molecule has 0 saturated heterocycles. The highest BCUT2D eigenvalue weighted by molar-refractivity contribution is 5.90. The second kappa shape index (κ2) is 12.8. The van der Waals surface area contributed by atoms with Crippen LogP contribution in [0.1, 0.15) is 114 Å². The normalized spacial score (nSPS) is 17.1. The third-order valence-electron chi connectivity index (χ3n) is 8.85. The van der Waals surface area contributed by atoms with Crippen LogP contribution < -0.4 is 10.3 Å². The molecule has 0 bridgehead atoms. The fourth-order valence-electron chi connectivity index (χ4n) is 6.37. The third-order valence-corrected chi connectivity index (χ3v) is 8.85. The molecule has 4 heterocycles. The molecule has 1 aromatic carbocycles. The van der Waals surface area contributed by atoms with Gasteiger partial charge in [-0.15, -0.1) is 0 Å². The lowest BCUT2D eigenvalue weighted by atomic mass is 9.86. The van der Waals surface area contributed by atoms with E-state index in [2.05, 4.69) is 13.8 Å². The van der Waals surface area contributed by atoms with Crippen LogP contribution in [-0.2, 0) is 39.5 Å². The van der Waals surface area contributed by atoms with Crippen LogP contribution >= 0.6 is 0 Å². The van der Waals surface area contributed by atoms with Gasteiger partial charge in [0.2, 0.25) is 0 Å². The summed E-state index contributed by atoms with van der Waals surface area (Å²) in [4.78, 5) is 43.5. The summed E-state index contributed by atoms with van der Waals surface area (Å²) in [5.41, 5.74) is 2.42. The first-order chi connectivity index (χ1) is 20.3. The third kappa shape index (κ3) is 5.61. The van der Waals surface area contributed by atoms with Crippen LogP contribution in [0.3, 0.4) is 0 Å². The number of hydrogen-bond donors (Lipinski definition) is 1. The number of carbonyl (C=O) groups excluding carboxylic acids is 2. The fourth-order valence-corrected chi connectivity index (χ4v) is 6.37. The zero-order chi connectivity index (χ0) is 29.9. The number of benzene rings is 1. The summed E-state index contributed by atoms with van der Waals surface area (Å²) in [6.45, 7) is 6.15. The van der Waals surface area contributed by atoms with Gasteiger partial charge < -0.3 is 19.1 Å². The second-order valence-corrected chi connectivity index (χ2v) is 11.6. The molecule has 0 spiro atoms. The molecule has 8 heteroatoms. The number of cyclic esters (lactones) is 1. The van der Waals surface area contributed by atoms with Crippen LogP contribution in [0.2, 0.25) is 0 Å². The summed E-state index contributed by atoms with van der Waals surface area (Å²) in [6, 6.07) is 7.20. The molecule has 0 fully saturated rings. The van der Waals surface area contributed by atoms with Crippen LogP contribution in [0.15, 0.2) is 29.1 Å². The van der Waals surface area contributed by atoms with Gasteiger partial charge in [0.05, 0.1) is 29.0 Å². The summed E-state index contributed by atoms with van der Waals surface area (Å²) in [7, 11) is 0. The number of aryl methyl sites for hydroxylation is 1. The molecule has 1 N–H and O–H groups in total. The topological polar surface area (TPSA) is 108 Å². The van der Waals surface area contributed by atoms with Gasteiger partial charge in [0.25, 0.3) is 5.56 Å². The molecule has 0 amide bonds. The van der Waals surface area contributed by atoms with E-state index < -0.39 is 11.6 Å². The van der Waals surface area contributed by atoms with E-state index in [0.29, 0.717) is 47.7 Å². The Morgan fingerprint density at radius 1 is 1.00 bits per heavy atom. The minimum atomic E-state index is -1.86. The summed E-state index contributed by atoms with van der Waals surface area (Å²) < 4.78 is 12.5. The number of nitrogens with zero attached hydrogens (tertiary/aromatic N) is 2. The Kier molecular flexibility index (Phi) is 9.11. The molecule has 1 atom stereocenters. The minimum absolute atomic E-state index is 0.0978. The van der Waals surface area contributed by atoms with Crippen LogP contribution in [0.25, 0.3) is 22.3 Å². The standard InChI is InChI=1S/C34H42N2O6/c1-4-7-8-9-10-11-12-13-14-15-30(37)42-22-16-17-28-24(18-22)23(5-2)25-20-36-29(31(25)35-28)19-27-26(32(36)38)21-41-33(39)34(27,40)6-3/h16-19,40H,4-15,20-21H2,1-3H3/t34-/m0/s1. The van der Waals surface area contributed by atoms with Gasteiger partial charge in [-0.25, -0.2) is 9.78 Å². The van der Waals surface area contributed by atoms with Gasteiger partial charge in [-0.1, -0.05) is 72.1 Å². The lowest BCUT2D eigenvalue weighted by Crippen LogP contribution is -2.44. The van der Waals surface area contributed by atoms with E-state index in [1.807, 2.05) is 12.1 Å². The predicted octanol–water partition coefficient (Wildman–Crippen LogP) is 6.47. The molecule has 2 aliphatic heterocycles. The van der Waals surface area contributed by atoms with E-state index in [-0.39, 0.29) is 24.6 Å². The molecule has 0 unspecified atom stereocenters. The molecule has 2 aromatic heterocycles. The van der Waals surface area contributed by atoms with Crippen molar-refractivity contribution in [2.24, 2.45) is 0 Å². The number of ether oxygens (including phenoxy) is 2. The van der Waals surface area contributed by atoms with Crippen molar-refractivity contribution in [1.82, 2.24) is 9.55 Å². The van der Waals surface area contributed by atoms with Crippen molar-refractivity contribution in [2.45, 2.75) is 117 Å². The molecule has 224 valence electrons. The molecule has 2 aliphatic rings.